The third kappa shape index (κ3) is 5.68. The molecule has 1 aromatic rings. The third-order valence-electron chi connectivity index (χ3n) is 2.48. The predicted molar refractivity (Wildman–Crippen MR) is 74.6 cm³/mol. The Hall–Kier alpha value is -2.31. The Morgan fingerprint density at radius 2 is 2.00 bits per heavy atom. The number of amides is 1. The molecule has 0 unspecified atom stereocenters. The minimum absolute atomic E-state index is 0.104. The van der Waals surface area contributed by atoms with E-state index in [0.29, 0.717) is 6.54 Å². The zero-order valence-corrected chi connectivity index (χ0v) is 11.4. The van der Waals surface area contributed by atoms with Crippen LogP contribution in [0.4, 0.5) is 13.2 Å². The molecule has 4 nitrogen and oxygen atoms in total. The molecule has 0 spiro atoms. The second-order valence-corrected chi connectivity index (χ2v) is 4.21. The molecule has 0 aliphatic heterocycles. The fourth-order valence-corrected chi connectivity index (χ4v) is 1.53. The first-order chi connectivity index (χ1) is 9.84. The molecule has 1 amide bonds. The van der Waals surface area contributed by atoms with E-state index in [4.69, 9.17) is 5.41 Å². The van der Waals surface area contributed by atoms with Gasteiger partial charge in [-0.2, -0.15) is 13.2 Å². The molecular weight excluding hydrogens is 283 g/mol. The standard InChI is InChI=1S/C14H16F3N3O/c1-2-9-19-13(18)20-12(21)8-7-10-5-3-4-6-11(10)14(15,16)17/h3-8H,2,9H2,1H3,(H3,18,19,20,21)/b8-7+. The molecule has 3 N–H and O–H groups in total. The highest BCUT2D eigenvalue weighted by Crippen LogP contribution is 2.32. The second kappa shape index (κ2) is 7.47. The van der Waals surface area contributed by atoms with E-state index in [1.54, 1.807) is 0 Å². The predicted octanol–water partition coefficient (Wildman–Crippen LogP) is 2.77. The van der Waals surface area contributed by atoms with Gasteiger partial charge in [0.2, 0.25) is 0 Å². The van der Waals surface area contributed by atoms with E-state index in [2.05, 4.69) is 10.6 Å². The van der Waals surface area contributed by atoms with Crippen LogP contribution in [0.2, 0.25) is 0 Å². The van der Waals surface area contributed by atoms with Gasteiger partial charge in [-0.25, -0.2) is 0 Å². The maximum Gasteiger partial charge on any atom is 0.416 e. The van der Waals surface area contributed by atoms with Gasteiger partial charge in [0.15, 0.2) is 5.96 Å². The average molecular weight is 299 g/mol. The fraction of sp³-hybridized carbons (Fsp3) is 0.286. The third-order valence-corrected chi connectivity index (χ3v) is 2.48. The smallest absolute Gasteiger partial charge is 0.356 e. The van der Waals surface area contributed by atoms with Crippen molar-refractivity contribution in [1.82, 2.24) is 10.6 Å². The highest BCUT2D eigenvalue weighted by molar-refractivity contribution is 6.03. The number of rotatable bonds is 4. The van der Waals surface area contributed by atoms with E-state index in [9.17, 15) is 18.0 Å². The molecule has 0 heterocycles. The first-order valence-electron chi connectivity index (χ1n) is 6.32. The molecular formula is C14H16F3N3O. The summed E-state index contributed by atoms with van der Waals surface area (Å²) in [6.45, 7) is 2.43. The molecule has 1 rings (SSSR count). The van der Waals surface area contributed by atoms with Gasteiger partial charge in [-0.3, -0.25) is 15.5 Å². The van der Waals surface area contributed by atoms with Crippen LogP contribution < -0.4 is 10.6 Å². The van der Waals surface area contributed by atoms with Crippen LogP contribution in [-0.4, -0.2) is 18.4 Å². The van der Waals surface area contributed by atoms with Crippen molar-refractivity contribution in [3.8, 4) is 0 Å². The van der Waals surface area contributed by atoms with Crippen LogP contribution in [0, 0.1) is 5.41 Å². The zero-order valence-electron chi connectivity index (χ0n) is 11.4. The highest BCUT2D eigenvalue weighted by Gasteiger charge is 2.32. The number of nitrogens with one attached hydrogen (secondary N) is 3. The summed E-state index contributed by atoms with van der Waals surface area (Å²) < 4.78 is 38.2. The average Bonchev–Trinajstić information content (AvgIpc) is 2.42. The lowest BCUT2D eigenvalue weighted by molar-refractivity contribution is -0.137. The van der Waals surface area contributed by atoms with Crippen molar-refractivity contribution in [2.24, 2.45) is 0 Å². The van der Waals surface area contributed by atoms with Crippen molar-refractivity contribution >= 4 is 17.9 Å². The Bertz CT molecular complexity index is 539. The van der Waals surface area contributed by atoms with Crippen LogP contribution in [0.1, 0.15) is 24.5 Å². The Kier molecular flexibility index (Phi) is 5.95. The summed E-state index contributed by atoms with van der Waals surface area (Å²) in [5, 5.41) is 12.2. The normalized spacial score (nSPS) is 11.4. The molecule has 0 saturated carbocycles. The Balaban J connectivity index is 2.73. The minimum atomic E-state index is -4.48. The van der Waals surface area contributed by atoms with Gasteiger partial charge in [-0.05, 0) is 24.1 Å². The molecule has 7 heteroatoms. The number of carbonyl (C=O) groups is 1. The summed E-state index contributed by atoms with van der Waals surface area (Å²) >= 11 is 0. The Morgan fingerprint density at radius 1 is 1.33 bits per heavy atom. The molecule has 0 fully saturated rings. The summed E-state index contributed by atoms with van der Waals surface area (Å²) in [5.41, 5.74) is -0.915. The first kappa shape index (κ1) is 16.7. The van der Waals surface area contributed by atoms with Crippen LogP contribution in [0.15, 0.2) is 30.3 Å². The van der Waals surface area contributed by atoms with Crippen molar-refractivity contribution in [2.45, 2.75) is 19.5 Å². The van der Waals surface area contributed by atoms with Crippen molar-refractivity contribution in [3.05, 3.63) is 41.5 Å². The van der Waals surface area contributed by atoms with Gasteiger partial charge in [0.25, 0.3) is 5.91 Å². The van der Waals surface area contributed by atoms with Gasteiger partial charge in [-0.1, -0.05) is 25.1 Å². The summed E-state index contributed by atoms with van der Waals surface area (Å²) in [6.07, 6.45) is -1.65. The second-order valence-electron chi connectivity index (χ2n) is 4.21. The fourth-order valence-electron chi connectivity index (χ4n) is 1.53. The maximum absolute atomic E-state index is 12.7. The maximum atomic E-state index is 12.7. The van der Waals surface area contributed by atoms with E-state index < -0.39 is 17.6 Å². The summed E-state index contributed by atoms with van der Waals surface area (Å²) in [4.78, 5) is 11.5. The first-order valence-corrected chi connectivity index (χ1v) is 6.32. The molecule has 0 aliphatic rings. The monoisotopic (exact) mass is 299 g/mol. The lowest BCUT2D eigenvalue weighted by atomic mass is 10.1. The summed E-state index contributed by atoms with van der Waals surface area (Å²) in [6, 6.07) is 4.96. The van der Waals surface area contributed by atoms with Crippen molar-refractivity contribution in [3.63, 3.8) is 0 Å². The molecule has 21 heavy (non-hydrogen) atoms. The largest absolute Gasteiger partial charge is 0.416 e. The number of alkyl halides is 3. The lowest BCUT2D eigenvalue weighted by Gasteiger charge is -2.09. The number of halogens is 3. The zero-order chi connectivity index (χ0) is 15.9. The van der Waals surface area contributed by atoms with Crippen LogP contribution in [0.25, 0.3) is 6.08 Å². The van der Waals surface area contributed by atoms with Gasteiger partial charge >= 0.3 is 6.18 Å². The number of benzene rings is 1. The molecule has 0 aliphatic carbocycles. The van der Waals surface area contributed by atoms with Crippen LogP contribution in [0.5, 0.6) is 0 Å². The Labute approximate surface area is 120 Å². The van der Waals surface area contributed by atoms with E-state index in [0.717, 1.165) is 24.6 Å². The molecule has 0 radical (unpaired) electrons. The molecule has 1 aromatic carbocycles. The van der Waals surface area contributed by atoms with Gasteiger partial charge in [0, 0.05) is 12.6 Å². The van der Waals surface area contributed by atoms with E-state index in [-0.39, 0.29) is 11.5 Å². The van der Waals surface area contributed by atoms with E-state index in [1.807, 2.05) is 6.92 Å². The number of guanidine groups is 1. The molecule has 0 bridgehead atoms. The van der Waals surface area contributed by atoms with Crippen molar-refractivity contribution in [2.75, 3.05) is 6.54 Å². The Morgan fingerprint density at radius 3 is 2.62 bits per heavy atom. The van der Waals surface area contributed by atoms with Crippen molar-refractivity contribution in [1.29, 1.82) is 5.41 Å². The van der Waals surface area contributed by atoms with Gasteiger partial charge < -0.3 is 5.32 Å². The van der Waals surface area contributed by atoms with Crippen LogP contribution in [0.3, 0.4) is 0 Å². The quantitative estimate of drug-likeness (QED) is 0.455. The summed E-state index contributed by atoms with van der Waals surface area (Å²) in [5.74, 6) is -0.851. The lowest BCUT2D eigenvalue weighted by Crippen LogP contribution is -2.39. The molecule has 0 saturated heterocycles. The summed E-state index contributed by atoms with van der Waals surface area (Å²) in [7, 11) is 0. The number of hydrogen-bond acceptors (Lipinski definition) is 2. The SMILES string of the molecule is CCCNC(=N)NC(=O)/C=C/c1ccccc1C(F)(F)F. The van der Waals surface area contributed by atoms with Crippen LogP contribution >= 0.6 is 0 Å². The molecule has 0 aromatic heterocycles. The molecule has 114 valence electrons. The number of hydrogen-bond donors (Lipinski definition) is 3. The van der Waals surface area contributed by atoms with Crippen LogP contribution in [-0.2, 0) is 11.0 Å². The highest BCUT2D eigenvalue weighted by atomic mass is 19.4. The van der Waals surface area contributed by atoms with Gasteiger partial charge in [-0.15, -0.1) is 0 Å². The van der Waals surface area contributed by atoms with E-state index >= 15 is 0 Å². The van der Waals surface area contributed by atoms with Gasteiger partial charge in [0.05, 0.1) is 5.56 Å². The van der Waals surface area contributed by atoms with Crippen molar-refractivity contribution < 1.29 is 18.0 Å². The van der Waals surface area contributed by atoms with Gasteiger partial charge in [0.1, 0.15) is 0 Å². The molecule has 0 atom stereocenters. The van der Waals surface area contributed by atoms with E-state index in [1.165, 1.54) is 18.2 Å². The minimum Gasteiger partial charge on any atom is -0.356 e. The topological polar surface area (TPSA) is 65.0 Å². The number of carbonyl (C=O) groups excluding carboxylic acids is 1.